The molecule has 1 aromatic carbocycles. The number of hydrogen-bond donors (Lipinski definition) is 2. The quantitative estimate of drug-likeness (QED) is 0.392. The number of benzene rings is 1. The first-order valence-electron chi connectivity index (χ1n) is 11.5. The Morgan fingerprint density at radius 3 is 2.29 bits per heavy atom. The summed E-state index contributed by atoms with van der Waals surface area (Å²) in [6, 6.07) is 8.66. The Bertz CT molecular complexity index is 1100. The van der Waals surface area contributed by atoms with Crippen LogP contribution in [0.4, 0.5) is 5.13 Å². The average molecular weight is 502 g/mol. The molecule has 2 heterocycles. The van der Waals surface area contributed by atoms with E-state index in [0.717, 1.165) is 5.56 Å². The Morgan fingerprint density at radius 1 is 1.03 bits per heavy atom. The van der Waals surface area contributed by atoms with E-state index in [1.165, 1.54) is 11.3 Å². The van der Waals surface area contributed by atoms with Crippen LogP contribution in [0.2, 0.25) is 0 Å². The molecule has 0 aliphatic carbocycles. The molecule has 0 radical (unpaired) electrons. The molecule has 1 aromatic heterocycles. The number of carbonyl (C=O) groups excluding carboxylic acids is 3. The molecule has 3 rings (SSSR count). The number of anilines is 1. The zero-order valence-corrected chi connectivity index (χ0v) is 21.4. The van der Waals surface area contributed by atoms with Crippen LogP contribution in [0, 0.1) is 5.92 Å². The first-order valence-corrected chi connectivity index (χ1v) is 12.4. The van der Waals surface area contributed by atoms with Crippen molar-refractivity contribution in [1.29, 1.82) is 0 Å². The van der Waals surface area contributed by atoms with Gasteiger partial charge in [0.2, 0.25) is 0 Å². The summed E-state index contributed by atoms with van der Waals surface area (Å²) < 4.78 is 15.8. The van der Waals surface area contributed by atoms with Gasteiger partial charge in [0.05, 0.1) is 37.0 Å². The number of nitrogens with zero attached hydrogens (tertiary/aromatic N) is 1. The number of nitrogens with one attached hydrogen (secondary N) is 2. The van der Waals surface area contributed by atoms with E-state index in [1.807, 2.05) is 37.3 Å². The summed E-state index contributed by atoms with van der Waals surface area (Å²) in [7, 11) is 0. The van der Waals surface area contributed by atoms with Gasteiger partial charge < -0.3 is 24.8 Å². The lowest BCUT2D eigenvalue weighted by molar-refractivity contribution is -0.152. The molecule has 0 amide bonds. The van der Waals surface area contributed by atoms with E-state index in [9.17, 15) is 14.4 Å². The van der Waals surface area contributed by atoms with E-state index < -0.39 is 35.4 Å². The van der Waals surface area contributed by atoms with Crippen LogP contribution in [-0.2, 0) is 29.3 Å². The maximum absolute atomic E-state index is 13.5. The van der Waals surface area contributed by atoms with Crippen LogP contribution in [0.5, 0.6) is 0 Å². The molecule has 35 heavy (non-hydrogen) atoms. The van der Waals surface area contributed by atoms with E-state index in [0.29, 0.717) is 10.8 Å². The molecule has 9 nitrogen and oxygen atoms in total. The van der Waals surface area contributed by atoms with Gasteiger partial charge in [-0.2, -0.15) is 0 Å². The monoisotopic (exact) mass is 501 g/mol. The van der Waals surface area contributed by atoms with Crippen molar-refractivity contribution in [2.24, 2.45) is 5.92 Å². The SMILES string of the molecule is CCOC(=O)C1=C(C)NC(C)(c2ccccc2)C(C(=O)OCC)C1Nc1nc(C(=O)OCC)cs1. The topological polar surface area (TPSA) is 116 Å². The minimum atomic E-state index is -0.924. The molecular formula is C25H31N3O6S. The number of allylic oxidation sites excluding steroid dienone is 1. The number of aromatic nitrogens is 1. The number of carbonyl (C=O) groups is 3. The third kappa shape index (κ3) is 5.48. The van der Waals surface area contributed by atoms with Gasteiger partial charge >= 0.3 is 17.9 Å². The molecule has 3 atom stereocenters. The fraction of sp³-hybridized carbons (Fsp3) is 0.440. The van der Waals surface area contributed by atoms with Crippen molar-refractivity contribution in [1.82, 2.24) is 10.3 Å². The molecular weight excluding hydrogens is 470 g/mol. The number of esters is 3. The van der Waals surface area contributed by atoms with Gasteiger partial charge in [-0.15, -0.1) is 11.3 Å². The minimum Gasteiger partial charge on any atom is -0.466 e. The number of rotatable bonds is 9. The Balaban J connectivity index is 2.14. The van der Waals surface area contributed by atoms with E-state index in [1.54, 1.807) is 33.1 Å². The smallest absolute Gasteiger partial charge is 0.357 e. The summed E-state index contributed by atoms with van der Waals surface area (Å²) >= 11 is 1.18. The lowest BCUT2D eigenvalue weighted by Crippen LogP contribution is -2.60. The highest BCUT2D eigenvalue weighted by Crippen LogP contribution is 2.42. The third-order valence-electron chi connectivity index (χ3n) is 5.79. The number of thiazole rings is 1. The predicted molar refractivity (Wildman–Crippen MR) is 132 cm³/mol. The van der Waals surface area contributed by atoms with Crippen molar-refractivity contribution >= 4 is 34.4 Å². The highest BCUT2D eigenvalue weighted by atomic mass is 32.1. The van der Waals surface area contributed by atoms with Crippen LogP contribution in [0.1, 0.15) is 50.7 Å². The van der Waals surface area contributed by atoms with Gasteiger partial charge in [-0.3, -0.25) is 4.79 Å². The van der Waals surface area contributed by atoms with Crippen molar-refractivity contribution in [3.05, 3.63) is 58.2 Å². The van der Waals surface area contributed by atoms with Crippen LogP contribution in [-0.4, -0.2) is 48.8 Å². The molecule has 10 heteroatoms. The van der Waals surface area contributed by atoms with Gasteiger partial charge in [-0.1, -0.05) is 30.3 Å². The maximum atomic E-state index is 13.5. The fourth-order valence-corrected chi connectivity index (χ4v) is 5.04. The lowest BCUT2D eigenvalue weighted by Gasteiger charge is -2.47. The summed E-state index contributed by atoms with van der Waals surface area (Å²) in [5.74, 6) is -2.46. The van der Waals surface area contributed by atoms with Gasteiger partial charge in [-0.05, 0) is 40.2 Å². The average Bonchev–Trinajstić information content (AvgIpc) is 3.28. The standard InChI is InChI=1S/C25H31N3O6S/c1-6-32-21(29)17-14-35-24(26-17)27-20-18(22(30)33-7-2)15(4)28-25(5,16-12-10-9-11-13-16)19(20)23(31)34-8-3/h9-14,19-20,28H,6-8H2,1-5H3,(H,26,27). The second kappa shape index (κ2) is 11.4. The van der Waals surface area contributed by atoms with E-state index in [2.05, 4.69) is 15.6 Å². The highest BCUT2D eigenvalue weighted by molar-refractivity contribution is 7.13. The van der Waals surface area contributed by atoms with E-state index in [4.69, 9.17) is 14.2 Å². The highest BCUT2D eigenvalue weighted by Gasteiger charge is 2.53. The summed E-state index contributed by atoms with van der Waals surface area (Å²) in [6.07, 6.45) is 0. The van der Waals surface area contributed by atoms with Gasteiger partial charge in [0.15, 0.2) is 10.8 Å². The molecule has 2 N–H and O–H groups in total. The Morgan fingerprint density at radius 2 is 1.66 bits per heavy atom. The molecule has 2 aromatic rings. The summed E-state index contributed by atoms with van der Waals surface area (Å²) in [6.45, 7) is 9.41. The Labute approximate surface area is 208 Å². The van der Waals surface area contributed by atoms with Gasteiger partial charge in [0.25, 0.3) is 0 Å². The second-order valence-corrected chi connectivity index (χ2v) is 8.92. The van der Waals surface area contributed by atoms with Crippen molar-refractivity contribution in [2.75, 3.05) is 25.1 Å². The first kappa shape index (κ1) is 26.2. The predicted octanol–water partition coefficient (Wildman–Crippen LogP) is 3.64. The van der Waals surface area contributed by atoms with Gasteiger partial charge in [0, 0.05) is 11.1 Å². The van der Waals surface area contributed by atoms with Gasteiger partial charge in [0.1, 0.15) is 5.92 Å². The lowest BCUT2D eigenvalue weighted by atomic mass is 9.70. The molecule has 0 fully saturated rings. The van der Waals surface area contributed by atoms with Crippen LogP contribution in [0.15, 0.2) is 47.0 Å². The molecule has 0 spiro atoms. The van der Waals surface area contributed by atoms with Gasteiger partial charge in [-0.25, -0.2) is 14.6 Å². The van der Waals surface area contributed by atoms with Crippen LogP contribution in [0.25, 0.3) is 0 Å². The van der Waals surface area contributed by atoms with Crippen molar-refractivity contribution in [3.63, 3.8) is 0 Å². The minimum absolute atomic E-state index is 0.144. The summed E-state index contributed by atoms with van der Waals surface area (Å²) in [5, 5.41) is 8.55. The second-order valence-electron chi connectivity index (χ2n) is 8.06. The maximum Gasteiger partial charge on any atom is 0.357 e. The molecule has 0 bridgehead atoms. The zero-order chi connectivity index (χ0) is 25.6. The van der Waals surface area contributed by atoms with E-state index >= 15 is 0 Å². The Kier molecular flexibility index (Phi) is 8.50. The van der Waals surface area contributed by atoms with Crippen molar-refractivity contribution in [2.45, 2.75) is 46.2 Å². The first-order chi connectivity index (χ1) is 16.8. The molecule has 0 saturated heterocycles. The van der Waals surface area contributed by atoms with Crippen LogP contribution >= 0.6 is 11.3 Å². The van der Waals surface area contributed by atoms with Crippen molar-refractivity contribution in [3.8, 4) is 0 Å². The molecule has 3 unspecified atom stereocenters. The number of hydrogen-bond acceptors (Lipinski definition) is 10. The van der Waals surface area contributed by atoms with Crippen molar-refractivity contribution < 1.29 is 28.6 Å². The third-order valence-corrected chi connectivity index (χ3v) is 6.57. The van der Waals surface area contributed by atoms with Crippen LogP contribution in [0.3, 0.4) is 0 Å². The fourth-order valence-electron chi connectivity index (χ4n) is 4.32. The molecule has 1 aliphatic rings. The molecule has 0 saturated carbocycles. The van der Waals surface area contributed by atoms with E-state index in [-0.39, 0.29) is 31.1 Å². The summed E-state index contributed by atoms with van der Waals surface area (Å²) in [4.78, 5) is 43.0. The largest absolute Gasteiger partial charge is 0.466 e. The molecule has 188 valence electrons. The number of ether oxygens (including phenoxy) is 3. The Hall–Kier alpha value is -3.40. The normalized spacial score (nSPS) is 21.6. The zero-order valence-electron chi connectivity index (χ0n) is 20.5. The van der Waals surface area contributed by atoms with Crippen LogP contribution < -0.4 is 10.6 Å². The summed E-state index contributed by atoms with van der Waals surface area (Å²) in [5.41, 5.74) is 0.900. The molecule has 1 aliphatic heterocycles.